The molecule has 11 nitrogen and oxygen atoms in total. The van der Waals surface area contributed by atoms with Crippen molar-refractivity contribution in [1.29, 1.82) is 0 Å². The zero-order valence-electron chi connectivity index (χ0n) is 21.5. The first kappa shape index (κ1) is 25.1. The highest BCUT2D eigenvalue weighted by Crippen LogP contribution is 2.34. The van der Waals surface area contributed by atoms with Gasteiger partial charge in [-0.3, -0.25) is 4.79 Å². The van der Waals surface area contributed by atoms with Crippen molar-refractivity contribution in [2.24, 2.45) is 0 Å². The minimum atomic E-state index is -0.454. The van der Waals surface area contributed by atoms with Gasteiger partial charge in [0.1, 0.15) is 24.1 Å². The van der Waals surface area contributed by atoms with Crippen LogP contribution < -0.4 is 19.7 Å². The van der Waals surface area contributed by atoms with E-state index in [0.717, 1.165) is 29.6 Å². The molecule has 2 saturated heterocycles. The fourth-order valence-electron chi connectivity index (χ4n) is 4.91. The molecule has 0 spiro atoms. The van der Waals surface area contributed by atoms with Crippen molar-refractivity contribution in [3.05, 3.63) is 30.5 Å². The Balaban J connectivity index is 1.33. The molecule has 37 heavy (non-hydrogen) atoms. The van der Waals surface area contributed by atoms with E-state index in [1.165, 1.54) is 0 Å². The summed E-state index contributed by atoms with van der Waals surface area (Å²) in [6, 6.07) is 7.81. The second-order valence-corrected chi connectivity index (χ2v) is 9.97. The lowest BCUT2D eigenvalue weighted by molar-refractivity contribution is -0.134. The van der Waals surface area contributed by atoms with Gasteiger partial charge in [0.2, 0.25) is 17.7 Å². The molecule has 0 saturated carbocycles. The molecule has 0 unspecified atom stereocenters. The summed E-state index contributed by atoms with van der Waals surface area (Å²) in [4.78, 5) is 28.1. The second-order valence-electron chi connectivity index (χ2n) is 9.97. The number of aromatic nitrogens is 3. The van der Waals surface area contributed by atoms with Gasteiger partial charge in [0.25, 0.3) is 0 Å². The Labute approximate surface area is 215 Å². The van der Waals surface area contributed by atoms with E-state index < -0.39 is 6.61 Å². The van der Waals surface area contributed by atoms with Crippen LogP contribution in [-0.4, -0.2) is 89.1 Å². The van der Waals surface area contributed by atoms with Crippen LogP contribution in [0.25, 0.3) is 11.0 Å². The summed E-state index contributed by atoms with van der Waals surface area (Å²) in [6.07, 6.45) is 3.42. The third-order valence-electron chi connectivity index (χ3n) is 6.88. The predicted octanol–water partition coefficient (Wildman–Crippen LogP) is 2.69. The minimum absolute atomic E-state index is 0.00607. The van der Waals surface area contributed by atoms with Gasteiger partial charge in [0.05, 0.1) is 30.4 Å². The van der Waals surface area contributed by atoms with E-state index in [9.17, 15) is 4.79 Å². The molecule has 0 bridgehead atoms. The quantitative estimate of drug-likeness (QED) is 0.440. The van der Waals surface area contributed by atoms with E-state index in [2.05, 4.69) is 34.0 Å². The Bertz CT molecular complexity index is 1250. The van der Waals surface area contributed by atoms with Gasteiger partial charge >= 0.3 is 0 Å². The van der Waals surface area contributed by atoms with Gasteiger partial charge in [-0.15, -0.1) is 0 Å². The number of amides is 1. The molecular formula is C26H34N6O5. The number of carbonyl (C=O) groups is 1. The number of aliphatic hydroxyl groups is 1. The van der Waals surface area contributed by atoms with Crippen LogP contribution in [0.4, 0.5) is 17.3 Å². The minimum Gasteiger partial charge on any atom is -0.494 e. The molecule has 3 aromatic rings. The summed E-state index contributed by atoms with van der Waals surface area (Å²) in [5.41, 5.74) is 2.17. The lowest BCUT2D eigenvalue weighted by atomic mass is 9.96. The Morgan fingerprint density at radius 1 is 1.24 bits per heavy atom. The zero-order valence-corrected chi connectivity index (χ0v) is 21.5. The van der Waals surface area contributed by atoms with E-state index in [1.807, 2.05) is 30.5 Å². The molecule has 2 aliphatic heterocycles. The van der Waals surface area contributed by atoms with Crippen molar-refractivity contribution in [2.45, 2.75) is 38.4 Å². The Morgan fingerprint density at radius 2 is 2.05 bits per heavy atom. The zero-order chi connectivity index (χ0) is 26.0. The van der Waals surface area contributed by atoms with Crippen LogP contribution in [0.15, 0.2) is 30.5 Å². The fraction of sp³-hybridized carbons (Fsp3) is 0.500. The lowest BCUT2D eigenvalue weighted by Gasteiger charge is -2.36. The van der Waals surface area contributed by atoms with Gasteiger partial charge in [-0.05, 0) is 32.0 Å². The third-order valence-corrected chi connectivity index (χ3v) is 6.88. The highest BCUT2D eigenvalue weighted by molar-refractivity contribution is 5.83. The average molecular weight is 511 g/mol. The number of methoxy groups -OCH3 is 1. The molecule has 0 aliphatic carbocycles. The number of nitrogens with one attached hydrogen (secondary N) is 2. The maximum Gasteiger partial charge on any atom is 0.248 e. The van der Waals surface area contributed by atoms with E-state index >= 15 is 0 Å². The number of nitrogens with zero attached hydrogens (tertiary/aromatic N) is 4. The summed E-state index contributed by atoms with van der Waals surface area (Å²) >= 11 is 0. The fourth-order valence-corrected chi connectivity index (χ4v) is 4.91. The van der Waals surface area contributed by atoms with Crippen LogP contribution in [-0.2, 0) is 9.53 Å². The van der Waals surface area contributed by atoms with Gasteiger partial charge in [0, 0.05) is 57.0 Å². The lowest BCUT2D eigenvalue weighted by Crippen LogP contribution is -2.49. The number of fused-ring (bicyclic) bond motifs is 1. The Kier molecular flexibility index (Phi) is 7.07. The maximum atomic E-state index is 11.8. The van der Waals surface area contributed by atoms with Gasteiger partial charge in [0.15, 0.2) is 0 Å². The summed E-state index contributed by atoms with van der Waals surface area (Å²) in [5, 5.41) is 13.2. The topological polar surface area (TPSA) is 125 Å². The first-order valence-electron chi connectivity index (χ1n) is 12.6. The molecule has 4 heterocycles. The Morgan fingerprint density at radius 3 is 2.78 bits per heavy atom. The number of hydrogen-bond acceptors (Lipinski definition) is 9. The summed E-state index contributed by atoms with van der Waals surface area (Å²) in [7, 11) is 1.62. The smallest absolute Gasteiger partial charge is 0.248 e. The van der Waals surface area contributed by atoms with Crippen molar-refractivity contribution < 1.29 is 24.1 Å². The summed E-state index contributed by atoms with van der Waals surface area (Å²) in [6.45, 7) is 6.84. The predicted molar refractivity (Wildman–Crippen MR) is 140 cm³/mol. The molecule has 198 valence electrons. The van der Waals surface area contributed by atoms with Gasteiger partial charge in [-0.2, -0.15) is 9.97 Å². The number of benzene rings is 1. The number of H-pyrrole nitrogens is 1. The standard InChI is InChI=1S/C26H34N6O5/c1-26(2)15-18(7-13-36-26)37-24-19-6-8-27-23(19)29-25(30-24)28-20-5-4-17(14-21(20)35-3)31-9-11-32(12-10-31)22(34)16-33/h4-6,8,14,18,33H,7,9-13,15-16H2,1-3H3,(H2,27,28,29,30)/t18-/m0/s1. The molecule has 2 fully saturated rings. The number of ether oxygens (including phenoxy) is 3. The SMILES string of the molecule is COc1cc(N2CCN(C(=O)CO)CC2)ccc1Nc1nc(O[C@H]2CCOC(C)(C)C2)c2cc[nH]c2n1. The number of aromatic amines is 1. The van der Waals surface area contributed by atoms with Crippen LogP contribution >= 0.6 is 0 Å². The van der Waals surface area contributed by atoms with Gasteiger partial charge in [-0.25, -0.2) is 0 Å². The molecule has 5 rings (SSSR count). The molecule has 1 amide bonds. The molecular weight excluding hydrogens is 476 g/mol. The summed E-state index contributed by atoms with van der Waals surface area (Å²) in [5.74, 6) is 1.34. The first-order valence-corrected chi connectivity index (χ1v) is 12.6. The van der Waals surface area contributed by atoms with Gasteiger partial charge in [-0.1, -0.05) is 0 Å². The number of piperazine rings is 1. The average Bonchev–Trinajstić information content (AvgIpc) is 3.37. The van der Waals surface area contributed by atoms with E-state index in [0.29, 0.717) is 56.0 Å². The summed E-state index contributed by atoms with van der Waals surface area (Å²) < 4.78 is 17.9. The molecule has 1 aromatic carbocycles. The normalized spacial score (nSPS) is 19.6. The van der Waals surface area contributed by atoms with Crippen LogP contribution in [0.1, 0.15) is 26.7 Å². The first-order chi connectivity index (χ1) is 17.8. The third kappa shape index (κ3) is 5.57. The molecule has 3 N–H and O–H groups in total. The van der Waals surface area contributed by atoms with E-state index in [4.69, 9.17) is 24.3 Å². The van der Waals surface area contributed by atoms with E-state index in [1.54, 1.807) is 12.0 Å². The van der Waals surface area contributed by atoms with Crippen LogP contribution in [0.5, 0.6) is 11.6 Å². The molecule has 0 radical (unpaired) electrons. The van der Waals surface area contributed by atoms with Crippen molar-refractivity contribution >= 4 is 34.3 Å². The van der Waals surface area contributed by atoms with E-state index in [-0.39, 0.29) is 17.6 Å². The van der Waals surface area contributed by atoms with Gasteiger partial charge < -0.3 is 39.4 Å². The number of anilines is 3. The highest BCUT2D eigenvalue weighted by Gasteiger charge is 2.31. The largest absolute Gasteiger partial charge is 0.494 e. The molecule has 2 aliphatic rings. The number of rotatable bonds is 7. The van der Waals surface area contributed by atoms with Crippen molar-refractivity contribution in [3.8, 4) is 11.6 Å². The van der Waals surface area contributed by atoms with Crippen molar-refractivity contribution in [1.82, 2.24) is 19.9 Å². The van der Waals surface area contributed by atoms with Crippen LogP contribution in [0, 0.1) is 0 Å². The van der Waals surface area contributed by atoms with Crippen molar-refractivity contribution in [2.75, 3.05) is 56.7 Å². The molecule has 11 heteroatoms. The number of carbonyl (C=O) groups excluding carboxylic acids is 1. The van der Waals surface area contributed by atoms with Crippen LogP contribution in [0.3, 0.4) is 0 Å². The van der Waals surface area contributed by atoms with Crippen molar-refractivity contribution in [3.63, 3.8) is 0 Å². The number of hydrogen-bond donors (Lipinski definition) is 3. The maximum absolute atomic E-state index is 11.8. The second kappa shape index (κ2) is 10.4. The highest BCUT2D eigenvalue weighted by atomic mass is 16.5. The number of aliphatic hydroxyl groups excluding tert-OH is 1. The molecule has 2 aromatic heterocycles. The monoisotopic (exact) mass is 510 g/mol. The molecule has 1 atom stereocenters. The van der Waals surface area contributed by atoms with Crippen LogP contribution in [0.2, 0.25) is 0 Å². The Hall–Kier alpha value is -3.57.